The van der Waals surface area contributed by atoms with Gasteiger partial charge in [-0.1, -0.05) is 18.2 Å². The van der Waals surface area contributed by atoms with E-state index in [1.807, 2.05) is 0 Å². The van der Waals surface area contributed by atoms with E-state index in [0.29, 0.717) is 16.3 Å². The number of hydrogen-bond donors (Lipinski definition) is 2. The van der Waals surface area contributed by atoms with E-state index in [4.69, 9.17) is 4.74 Å². The minimum Gasteiger partial charge on any atom is -0.497 e. The van der Waals surface area contributed by atoms with Gasteiger partial charge in [0.25, 0.3) is 5.91 Å². The van der Waals surface area contributed by atoms with Crippen LogP contribution in [-0.2, 0) is 9.53 Å². The van der Waals surface area contributed by atoms with Gasteiger partial charge in [0.15, 0.2) is 0 Å². The molecule has 0 aliphatic carbocycles. The molecule has 3 aromatic carbocycles. The number of anilines is 2. The molecule has 0 spiro atoms. The first kappa shape index (κ1) is 23.8. The number of ether oxygens (including phenoxy) is 2. The van der Waals surface area contributed by atoms with Gasteiger partial charge in [0, 0.05) is 16.6 Å². The summed E-state index contributed by atoms with van der Waals surface area (Å²) in [5.41, 5.74) is 0.802. The number of hydrogen-bond acceptors (Lipinski definition) is 6. The van der Waals surface area contributed by atoms with E-state index in [9.17, 15) is 18.8 Å². The van der Waals surface area contributed by atoms with Crippen LogP contribution in [0.25, 0.3) is 0 Å². The molecule has 0 radical (unpaired) electrons. The number of thioether (sulfide) groups is 1. The summed E-state index contributed by atoms with van der Waals surface area (Å²) in [7, 11) is 2.75. The third kappa shape index (κ3) is 6.33. The van der Waals surface area contributed by atoms with Crippen molar-refractivity contribution < 1.29 is 28.2 Å². The van der Waals surface area contributed by atoms with Crippen molar-refractivity contribution in [1.82, 2.24) is 0 Å². The van der Waals surface area contributed by atoms with Gasteiger partial charge in [-0.2, -0.15) is 0 Å². The summed E-state index contributed by atoms with van der Waals surface area (Å²) in [6.07, 6.45) is 0. The van der Waals surface area contributed by atoms with Gasteiger partial charge in [-0.3, -0.25) is 9.59 Å². The van der Waals surface area contributed by atoms with Crippen LogP contribution in [-0.4, -0.2) is 37.8 Å². The topological polar surface area (TPSA) is 93.7 Å². The predicted octanol–water partition coefficient (Wildman–Crippen LogP) is 4.60. The molecule has 0 saturated heterocycles. The van der Waals surface area contributed by atoms with Crippen LogP contribution in [0, 0.1) is 5.82 Å². The van der Waals surface area contributed by atoms with E-state index < -0.39 is 17.7 Å². The summed E-state index contributed by atoms with van der Waals surface area (Å²) in [6, 6.07) is 17.2. The Morgan fingerprint density at radius 1 is 0.939 bits per heavy atom. The molecule has 0 atom stereocenters. The molecular weight excluding hydrogens is 447 g/mol. The van der Waals surface area contributed by atoms with Gasteiger partial charge >= 0.3 is 5.97 Å². The Hall–Kier alpha value is -3.85. The Morgan fingerprint density at radius 2 is 1.73 bits per heavy atom. The fourth-order valence-electron chi connectivity index (χ4n) is 2.88. The van der Waals surface area contributed by atoms with E-state index in [-0.39, 0.29) is 28.5 Å². The molecule has 7 nitrogen and oxygen atoms in total. The van der Waals surface area contributed by atoms with Crippen LogP contribution in [0.1, 0.15) is 20.7 Å². The Bertz CT molecular complexity index is 1190. The summed E-state index contributed by atoms with van der Waals surface area (Å²) >= 11 is 1.17. The lowest BCUT2D eigenvalue weighted by atomic mass is 10.1. The van der Waals surface area contributed by atoms with Crippen molar-refractivity contribution in [3.05, 3.63) is 83.7 Å². The number of methoxy groups -OCH3 is 2. The number of rotatable bonds is 8. The van der Waals surface area contributed by atoms with Crippen LogP contribution in [0.3, 0.4) is 0 Å². The Labute approximate surface area is 194 Å². The van der Waals surface area contributed by atoms with Crippen LogP contribution in [0.2, 0.25) is 0 Å². The molecule has 2 N–H and O–H groups in total. The van der Waals surface area contributed by atoms with Crippen LogP contribution >= 0.6 is 11.8 Å². The number of halogens is 1. The minimum atomic E-state index is -0.696. The monoisotopic (exact) mass is 468 g/mol. The maximum atomic E-state index is 14.2. The van der Waals surface area contributed by atoms with Crippen molar-refractivity contribution in [2.24, 2.45) is 0 Å². The van der Waals surface area contributed by atoms with Gasteiger partial charge in [-0.15, -0.1) is 11.8 Å². The number of amides is 2. The second-order valence-electron chi connectivity index (χ2n) is 6.71. The number of carbonyl (C=O) groups excluding carboxylic acids is 3. The third-order valence-corrected chi connectivity index (χ3v) is 5.55. The van der Waals surface area contributed by atoms with Crippen LogP contribution in [0.4, 0.5) is 15.8 Å². The van der Waals surface area contributed by atoms with E-state index in [1.165, 1.54) is 38.1 Å². The van der Waals surface area contributed by atoms with Crippen molar-refractivity contribution in [2.75, 3.05) is 30.6 Å². The fourth-order valence-corrected chi connectivity index (χ4v) is 3.73. The highest BCUT2D eigenvalue weighted by atomic mass is 32.2. The molecule has 0 aliphatic heterocycles. The largest absolute Gasteiger partial charge is 0.497 e. The molecule has 0 aromatic heterocycles. The number of esters is 1. The van der Waals surface area contributed by atoms with Crippen molar-refractivity contribution in [2.45, 2.75) is 4.90 Å². The van der Waals surface area contributed by atoms with Gasteiger partial charge in [0.2, 0.25) is 5.91 Å². The first-order chi connectivity index (χ1) is 15.9. The van der Waals surface area contributed by atoms with Gasteiger partial charge in [-0.25, -0.2) is 9.18 Å². The standard InChI is InChI=1S/C24H21FN2O5S/c1-31-17-7-5-6-16(13-17)26-22(28)14-33-21-9-4-3-8-18(21)23(29)27-20-12-15(24(30)32-2)10-11-19(20)25/h3-13H,14H2,1-2H3,(H,26,28)(H,27,29). The summed E-state index contributed by atoms with van der Waals surface area (Å²) in [5, 5.41) is 5.25. The number of nitrogens with one attached hydrogen (secondary N) is 2. The quantitative estimate of drug-likeness (QED) is 0.371. The average molecular weight is 469 g/mol. The molecule has 0 bridgehead atoms. The second kappa shape index (κ2) is 11.1. The number of carbonyl (C=O) groups is 3. The second-order valence-corrected chi connectivity index (χ2v) is 7.72. The Morgan fingerprint density at radius 3 is 2.48 bits per heavy atom. The van der Waals surface area contributed by atoms with Crippen LogP contribution < -0.4 is 15.4 Å². The molecule has 170 valence electrons. The third-order valence-electron chi connectivity index (χ3n) is 4.48. The van der Waals surface area contributed by atoms with Gasteiger partial charge in [0.1, 0.15) is 11.6 Å². The van der Waals surface area contributed by atoms with E-state index in [0.717, 1.165) is 6.07 Å². The van der Waals surface area contributed by atoms with E-state index in [1.54, 1.807) is 48.5 Å². The maximum Gasteiger partial charge on any atom is 0.337 e. The average Bonchev–Trinajstić information content (AvgIpc) is 2.83. The zero-order valence-electron chi connectivity index (χ0n) is 17.9. The van der Waals surface area contributed by atoms with Gasteiger partial charge in [0.05, 0.1) is 36.8 Å². The highest BCUT2D eigenvalue weighted by molar-refractivity contribution is 8.00. The van der Waals surface area contributed by atoms with Crippen molar-refractivity contribution in [3.8, 4) is 5.75 Å². The Balaban J connectivity index is 1.69. The molecule has 0 aliphatic rings. The molecule has 3 aromatic rings. The van der Waals surface area contributed by atoms with Gasteiger partial charge < -0.3 is 20.1 Å². The van der Waals surface area contributed by atoms with Crippen molar-refractivity contribution in [1.29, 1.82) is 0 Å². The minimum absolute atomic E-state index is 0.0493. The zero-order chi connectivity index (χ0) is 23.8. The zero-order valence-corrected chi connectivity index (χ0v) is 18.7. The lowest BCUT2D eigenvalue weighted by Crippen LogP contribution is -2.16. The summed E-state index contributed by atoms with van der Waals surface area (Å²) in [5.74, 6) is -1.52. The smallest absolute Gasteiger partial charge is 0.337 e. The highest BCUT2D eigenvalue weighted by Crippen LogP contribution is 2.25. The molecule has 9 heteroatoms. The Kier molecular flexibility index (Phi) is 8.04. The lowest BCUT2D eigenvalue weighted by Gasteiger charge is -2.12. The van der Waals surface area contributed by atoms with E-state index >= 15 is 0 Å². The highest BCUT2D eigenvalue weighted by Gasteiger charge is 2.16. The normalized spacial score (nSPS) is 10.3. The van der Waals surface area contributed by atoms with Crippen LogP contribution in [0.5, 0.6) is 5.75 Å². The van der Waals surface area contributed by atoms with Crippen molar-refractivity contribution in [3.63, 3.8) is 0 Å². The fraction of sp³-hybridized carbons (Fsp3) is 0.125. The predicted molar refractivity (Wildman–Crippen MR) is 124 cm³/mol. The summed E-state index contributed by atoms with van der Waals surface area (Å²) in [6.45, 7) is 0. The molecule has 0 fully saturated rings. The molecule has 0 heterocycles. The maximum absolute atomic E-state index is 14.2. The molecule has 0 saturated carbocycles. The first-order valence-corrected chi connectivity index (χ1v) is 10.7. The SMILES string of the molecule is COC(=O)c1ccc(F)c(NC(=O)c2ccccc2SCC(=O)Nc2cccc(OC)c2)c1. The summed E-state index contributed by atoms with van der Waals surface area (Å²) < 4.78 is 24.0. The first-order valence-electron chi connectivity index (χ1n) is 9.76. The molecule has 0 unspecified atom stereocenters. The lowest BCUT2D eigenvalue weighted by molar-refractivity contribution is -0.113. The van der Waals surface area contributed by atoms with E-state index in [2.05, 4.69) is 15.4 Å². The molecular formula is C24H21FN2O5S. The van der Waals surface area contributed by atoms with Crippen LogP contribution in [0.15, 0.2) is 71.6 Å². The molecule has 3 rings (SSSR count). The van der Waals surface area contributed by atoms with Crippen molar-refractivity contribution >= 4 is 40.9 Å². The number of benzene rings is 3. The molecule has 2 amide bonds. The summed E-state index contributed by atoms with van der Waals surface area (Å²) in [4.78, 5) is 37.4. The van der Waals surface area contributed by atoms with Gasteiger partial charge in [-0.05, 0) is 42.5 Å². The molecule has 33 heavy (non-hydrogen) atoms.